The third kappa shape index (κ3) is 3.30. The Labute approximate surface area is 162 Å². The van der Waals surface area contributed by atoms with Crippen LogP contribution in [0.15, 0.2) is 30.6 Å². The first-order chi connectivity index (χ1) is 13.6. The number of nitrogens with one attached hydrogen (secondary N) is 2. The predicted molar refractivity (Wildman–Crippen MR) is 104 cm³/mol. The van der Waals surface area contributed by atoms with Crippen LogP contribution >= 0.6 is 0 Å². The molecule has 3 amide bonds. The van der Waals surface area contributed by atoms with E-state index in [2.05, 4.69) is 20.6 Å². The molecule has 28 heavy (non-hydrogen) atoms. The second-order valence-corrected chi connectivity index (χ2v) is 6.95. The summed E-state index contributed by atoms with van der Waals surface area (Å²) in [5.41, 5.74) is 6.33. The molecule has 1 aliphatic heterocycles. The molecule has 2 atom stereocenters. The quantitative estimate of drug-likeness (QED) is 0.728. The zero-order chi connectivity index (χ0) is 19.7. The molecule has 0 unspecified atom stereocenters. The Morgan fingerprint density at radius 2 is 2.14 bits per heavy atom. The van der Waals surface area contributed by atoms with Crippen molar-refractivity contribution in [2.24, 2.45) is 5.73 Å². The van der Waals surface area contributed by atoms with Crippen molar-refractivity contribution >= 4 is 29.3 Å². The highest BCUT2D eigenvalue weighted by molar-refractivity contribution is 6.00. The number of nitrogens with two attached hydrogens (primary N) is 1. The Morgan fingerprint density at radius 1 is 1.32 bits per heavy atom. The smallest absolute Gasteiger partial charge is 0.323 e. The number of urea groups is 1. The molecule has 4 rings (SSSR count). The predicted octanol–water partition coefficient (Wildman–Crippen LogP) is 2.17. The topological polar surface area (TPSA) is 122 Å². The highest BCUT2D eigenvalue weighted by Crippen LogP contribution is 2.33. The van der Waals surface area contributed by atoms with Gasteiger partial charge in [-0.2, -0.15) is 0 Å². The molecule has 9 nitrogen and oxygen atoms in total. The largest absolute Gasteiger partial charge is 0.495 e. The minimum atomic E-state index is -0.612. The van der Waals surface area contributed by atoms with E-state index in [0.29, 0.717) is 17.3 Å². The molecule has 1 saturated carbocycles. The summed E-state index contributed by atoms with van der Waals surface area (Å²) in [5.74, 6) is 0.701. The van der Waals surface area contributed by atoms with Gasteiger partial charge in [0, 0.05) is 6.07 Å². The van der Waals surface area contributed by atoms with Gasteiger partial charge in [-0.05, 0) is 25.0 Å². The molecule has 146 valence electrons. The van der Waals surface area contributed by atoms with Crippen LogP contribution in [0.4, 0.5) is 22.1 Å². The van der Waals surface area contributed by atoms with Gasteiger partial charge in [0.15, 0.2) is 0 Å². The molecule has 0 bridgehead atoms. The molecule has 0 aromatic carbocycles. The van der Waals surface area contributed by atoms with Crippen molar-refractivity contribution in [2.75, 3.05) is 17.3 Å². The van der Waals surface area contributed by atoms with Crippen LogP contribution in [0.25, 0.3) is 0 Å². The van der Waals surface area contributed by atoms with Gasteiger partial charge in [-0.25, -0.2) is 9.78 Å². The Bertz CT molecular complexity index is 918. The summed E-state index contributed by atoms with van der Waals surface area (Å²) in [5, 5.41) is 6.10. The van der Waals surface area contributed by atoms with E-state index in [-0.39, 0.29) is 29.5 Å². The maximum Gasteiger partial charge on any atom is 0.323 e. The first-order valence-corrected chi connectivity index (χ1v) is 9.23. The Morgan fingerprint density at radius 3 is 2.93 bits per heavy atom. The van der Waals surface area contributed by atoms with Crippen LogP contribution in [0.5, 0.6) is 5.75 Å². The lowest BCUT2D eigenvalue weighted by atomic mass is 9.91. The maximum atomic E-state index is 12.5. The number of carbonyl (C=O) groups is 2. The molecule has 0 radical (unpaired) electrons. The molecule has 1 saturated heterocycles. The van der Waals surface area contributed by atoms with Crippen molar-refractivity contribution < 1.29 is 14.3 Å². The van der Waals surface area contributed by atoms with Gasteiger partial charge in [-0.15, -0.1) is 0 Å². The summed E-state index contributed by atoms with van der Waals surface area (Å²) >= 11 is 0. The van der Waals surface area contributed by atoms with Crippen molar-refractivity contribution in [3.05, 3.63) is 36.2 Å². The van der Waals surface area contributed by atoms with Gasteiger partial charge < -0.3 is 21.1 Å². The number of amides is 3. The lowest BCUT2D eigenvalue weighted by Crippen LogP contribution is -2.39. The van der Waals surface area contributed by atoms with Gasteiger partial charge in [-0.3, -0.25) is 14.7 Å². The van der Waals surface area contributed by atoms with E-state index in [1.54, 1.807) is 42.6 Å². The van der Waals surface area contributed by atoms with E-state index in [0.717, 1.165) is 25.7 Å². The number of ether oxygens (including phenoxy) is 1. The van der Waals surface area contributed by atoms with Crippen LogP contribution in [0.3, 0.4) is 0 Å². The lowest BCUT2D eigenvalue weighted by Gasteiger charge is -2.29. The van der Waals surface area contributed by atoms with E-state index >= 15 is 0 Å². The van der Waals surface area contributed by atoms with Crippen molar-refractivity contribution in [1.82, 2.24) is 15.3 Å². The number of nitrogens with zero attached hydrogens (tertiary/aromatic N) is 3. The molecule has 3 heterocycles. The van der Waals surface area contributed by atoms with Gasteiger partial charge >= 0.3 is 6.03 Å². The monoisotopic (exact) mass is 382 g/mol. The molecule has 2 fully saturated rings. The average molecular weight is 382 g/mol. The number of hydrogen-bond donors (Lipinski definition) is 3. The van der Waals surface area contributed by atoms with Crippen LogP contribution in [-0.4, -0.2) is 41.1 Å². The summed E-state index contributed by atoms with van der Waals surface area (Å²) in [6, 6.07) is 5.02. The van der Waals surface area contributed by atoms with Crippen LogP contribution in [0.1, 0.15) is 36.0 Å². The Balaban J connectivity index is 1.69. The SMILES string of the molecule is COc1cncc(Nc2nc(N3C(=O)N[C@H]4CCCC[C@H]43)ccc2C(N)=O)c1. The number of aromatic nitrogens is 2. The van der Waals surface area contributed by atoms with Crippen molar-refractivity contribution in [2.45, 2.75) is 37.8 Å². The number of anilines is 3. The molecular formula is C19H22N6O3. The van der Waals surface area contributed by atoms with Gasteiger partial charge in [-0.1, -0.05) is 12.8 Å². The van der Waals surface area contributed by atoms with Crippen molar-refractivity contribution in [3.8, 4) is 5.75 Å². The fourth-order valence-corrected chi connectivity index (χ4v) is 3.85. The number of carbonyl (C=O) groups excluding carboxylic acids is 2. The third-order valence-corrected chi connectivity index (χ3v) is 5.19. The summed E-state index contributed by atoms with van der Waals surface area (Å²) in [7, 11) is 1.54. The maximum absolute atomic E-state index is 12.5. The van der Waals surface area contributed by atoms with Crippen LogP contribution < -0.4 is 26.0 Å². The fourth-order valence-electron chi connectivity index (χ4n) is 3.85. The molecule has 9 heteroatoms. The number of primary amides is 1. The van der Waals surface area contributed by atoms with Gasteiger partial charge in [0.25, 0.3) is 5.91 Å². The van der Waals surface area contributed by atoms with Crippen LogP contribution in [-0.2, 0) is 0 Å². The van der Waals surface area contributed by atoms with E-state index < -0.39 is 5.91 Å². The summed E-state index contributed by atoms with van der Waals surface area (Å²) in [6.45, 7) is 0. The zero-order valence-electron chi connectivity index (χ0n) is 15.5. The molecule has 2 aromatic heterocycles. The summed E-state index contributed by atoms with van der Waals surface area (Å²) in [6.07, 6.45) is 7.23. The lowest BCUT2D eigenvalue weighted by molar-refractivity contribution is 0.100. The zero-order valence-corrected chi connectivity index (χ0v) is 15.5. The first kappa shape index (κ1) is 18.0. The second kappa shape index (κ2) is 7.34. The van der Waals surface area contributed by atoms with Crippen molar-refractivity contribution in [3.63, 3.8) is 0 Å². The van der Waals surface area contributed by atoms with Gasteiger partial charge in [0.2, 0.25) is 0 Å². The molecular weight excluding hydrogens is 360 g/mol. The minimum Gasteiger partial charge on any atom is -0.495 e. The number of hydrogen-bond acceptors (Lipinski definition) is 6. The summed E-state index contributed by atoms with van der Waals surface area (Å²) < 4.78 is 5.17. The first-order valence-electron chi connectivity index (χ1n) is 9.23. The van der Waals surface area contributed by atoms with E-state index in [1.165, 1.54) is 0 Å². The van der Waals surface area contributed by atoms with E-state index in [4.69, 9.17) is 10.5 Å². The molecule has 2 aromatic rings. The third-order valence-electron chi connectivity index (χ3n) is 5.19. The van der Waals surface area contributed by atoms with E-state index in [1.807, 2.05) is 0 Å². The van der Waals surface area contributed by atoms with E-state index in [9.17, 15) is 9.59 Å². The highest BCUT2D eigenvalue weighted by Gasteiger charge is 2.42. The normalized spacial score (nSPS) is 21.0. The number of rotatable bonds is 5. The molecule has 0 spiro atoms. The van der Waals surface area contributed by atoms with Gasteiger partial charge in [0.05, 0.1) is 42.8 Å². The van der Waals surface area contributed by atoms with Crippen molar-refractivity contribution in [1.29, 1.82) is 0 Å². The average Bonchev–Trinajstić information content (AvgIpc) is 3.03. The fraction of sp³-hybridized carbons (Fsp3) is 0.368. The van der Waals surface area contributed by atoms with Crippen LogP contribution in [0.2, 0.25) is 0 Å². The highest BCUT2D eigenvalue weighted by atomic mass is 16.5. The Kier molecular flexibility index (Phi) is 4.72. The second-order valence-electron chi connectivity index (χ2n) is 6.95. The molecule has 1 aliphatic carbocycles. The standard InChI is InChI=1S/C19H22N6O3/c1-28-12-8-11(9-21-10-12)22-18-13(17(20)26)6-7-16(24-18)25-15-5-3-2-4-14(15)23-19(25)27/h6-10,14-15H,2-5H2,1H3,(H2,20,26)(H,22,24)(H,23,27)/t14-,15+/m0/s1. The van der Waals surface area contributed by atoms with Gasteiger partial charge in [0.1, 0.15) is 17.4 Å². The number of methoxy groups -OCH3 is 1. The minimum absolute atomic E-state index is 0.0690. The summed E-state index contributed by atoms with van der Waals surface area (Å²) in [4.78, 5) is 34.7. The molecule has 2 aliphatic rings. The number of pyridine rings is 2. The number of fused-ring (bicyclic) bond motifs is 1. The Hall–Kier alpha value is -3.36. The van der Waals surface area contributed by atoms with Crippen LogP contribution in [0, 0.1) is 0 Å². The molecule has 4 N–H and O–H groups in total.